The number of hydrogen-bond donors (Lipinski definition) is 1. The average Bonchev–Trinajstić information content (AvgIpc) is 2.53. The Morgan fingerprint density at radius 1 is 1.12 bits per heavy atom. The number of benzene rings is 2. The van der Waals surface area contributed by atoms with Gasteiger partial charge in [-0.2, -0.15) is 4.31 Å². The molecule has 1 N–H and O–H groups in total. The maximum absolute atomic E-state index is 12.2. The van der Waals surface area contributed by atoms with Crippen LogP contribution in [0.15, 0.2) is 48.5 Å². The van der Waals surface area contributed by atoms with E-state index in [1.54, 1.807) is 18.2 Å². The van der Waals surface area contributed by atoms with Gasteiger partial charge in [0, 0.05) is 23.1 Å². The molecule has 0 bridgehead atoms. The molecular weight excluding hydrogens is 383 g/mol. The summed E-state index contributed by atoms with van der Waals surface area (Å²) in [6.45, 7) is 0.0610. The Labute approximate surface area is 157 Å². The van der Waals surface area contributed by atoms with Gasteiger partial charge in [-0.1, -0.05) is 59.6 Å². The Bertz CT molecular complexity index is 842. The Kier molecular flexibility index (Phi) is 6.84. The van der Waals surface area contributed by atoms with E-state index in [1.807, 2.05) is 30.3 Å². The third-order valence-corrected chi connectivity index (χ3v) is 5.27. The Morgan fingerprint density at radius 3 is 2.40 bits per heavy atom. The second kappa shape index (κ2) is 8.67. The third kappa shape index (κ3) is 6.32. The number of carbonyl (C=O) groups excluding carboxylic acids is 1. The van der Waals surface area contributed by atoms with Crippen LogP contribution in [0.25, 0.3) is 0 Å². The molecule has 0 atom stereocenters. The fourth-order valence-corrected chi connectivity index (χ4v) is 3.36. The first-order valence-electron chi connectivity index (χ1n) is 7.45. The highest BCUT2D eigenvalue weighted by atomic mass is 35.5. The van der Waals surface area contributed by atoms with Crippen LogP contribution in [0.4, 0.5) is 0 Å². The van der Waals surface area contributed by atoms with Crippen molar-refractivity contribution in [3.05, 3.63) is 69.7 Å². The van der Waals surface area contributed by atoms with Crippen LogP contribution >= 0.6 is 23.2 Å². The molecule has 0 spiro atoms. The van der Waals surface area contributed by atoms with Gasteiger partial charge in [0.1, 0.15) is 0 Å². The summed E-state index contributed by atoms with van der Waals surface area (Å²) < 4.78 is 25.0. The molecule has 2 rings (SSSR count). The van der Waals surface area contributed by atoms with E-state index in [0.717, 1.165) is 16.1 Å². The zero-order valence-corrected chi connectivity index (χ0v) is 15.9. The summed E-state index contributed by atoms with van der Waals surface area (Å²) >= 11 is 11.9. The van der Waals surface area contributed by atoms with Gasteiger partial charge in [-0.15, -0.1) is 0 Å². The van der Waals surface area contributed by atoms with E-state index in [4.69, 9.17) is 23.2 Å². The van der Waals surface area contributed by atoms with Crippen molar-refractivity contribution >= 4 is 39.1 Å². The highest BCUT2D eigenvalue weighted by Crippen LogP contribution is 2.20. The summed E-state index contributed by atoms with van der Waals surface area (Å²) in [6.07, 6.45) is 1.08. The monoisotopic (exact) mass is 400 g/mol. The molecule has 0 saturated carbocycles. The van der Waals surface area contributed by atoms with Gasteiger partial charge < -0.3 is 5.32 Å². The molecule has 134 valence electrons. The molecule has 0 unspecified atom stereocenters. The molecular formula is C17H18Cl2N2O3S. The number of halogens is 2. The number of rotatable bonds is 7. The molecule has 0 aliphatic carbocycles. The number of nitrogens with zero attached hydrogens (tertiary/aromatic N) is 1. The fourth-order valence-electron chi connectivity index (χ4n) is 2.15. The molecule has 25 heavy (non-hydrogen) atoms. The predicted molar refractivity (Wildman–Crippen MR) is 100 cm³/mol. The number of hydrogen-bond acceptors (Lipinski definition) is 3. The third-order valence-electron chi connectivity index (χ3n) is 3.48. The maximum atomic E-state index is 12.2. The van der Waals surface area contributed by atoms with E-state index in [9.17, 15) is 13.2 Å². The largest absolute Gasteiger partial charge is 0.351 e. The van der Waals surface area contributed by atoms with Gasteiger partial charge in [0.2, 0.25) is 15.9 Å². The summed E-state index contributed by atoms with van der Waals surface area (Å²) in [7, 11) is -3.53. The highest BCUT2D eigenvalue weighted by Gasteiger charge is 2.20. The summed E-state index contributed by atoms with van der Waals surface area (Å²) in [5.74, 6) is -0.410. The minimum absolute atomic E-state index is 0.134. The van der Waals surface area contributed by atoms with E-state index < -0.39 is 15.9 Å². The number of carbonyl (C=O) groups is 1. The van der Waals surface area contributed by atoms with Crippen molar-refractivity contribution in [3.63, 3.8) is 0 Å². The van der Waals surface area contributed by atoms with Gasteiger partial charge in [0.05, 0.1) is 12.8 Å². The normalized spacial score (nSPS) is 11.5. The highest BCUT2D eigenvalue weighted by molar-refractivity contribution is 7.88. The molecule has 8 heteroatoms. The van der Waals surface area contributed by atoms with E-state index in [1.165, 1.54) is 0 Å². The smallest absolute Gasteiger partial charge is 0.235 e. The Morgan fingerprint density at radius 2 is 1.80 bits per heavy atom. The molecule has 0 aromatic heterocycles. The second-order valence-electron chi connectivity index (χ2n) is 5.53. The van der Waals surface area contributed by atoms with Crippen molar-refractivity contribution < 1.29 is 13.2 Å². The van der Waals surface area contributed by atoms with Gasteiger partial charge >= 0.3 is 0 Å². The standard InChI is InChI=1S/C17H18Cl2N2O3S/c1-25(23,24)21(11-13-5-3-2-4-6-13)12-17(22)20-10-14-7-8-15(18)9-16(14)19/h2-9H,10-12H2,1H3,(H,20,22). The van der Waals surface area contributed by atoms with Gasteiger partial charge in [-0.05, 0) is 23.3 Å². The lowest BCUT2D eigenvalue weighted by molar-refractivity contribution is -0.121. The van der Waals surface area contributed by atoms with Crippen molar-refractivity contribution in [2.75, 3.05) is 12.8 Å². The molecule has 2 aromatic rings. The fraction of sp³-hybridized carbons (Fsp3) is 0.235. The first kappa shape index (κ1) is 19.7. The molecule has 0 aliphatic rings. The lowest BCUT2D eigenvalue weighted by Crippen LogP contribution is -2.39. The van der Waals surface area contributed by atoms with E-state index in [2.05, 4.69) is 5.32 Å². The molecule has 5 nitrogen and oxygen atoms in total. The summed E-state index contributed by atoms with van der Waals surface area (Å²) in [6, 6.07) is 14.1. The van der Waals surface area contributed by atoms with Crippen molar-refractivity contribution in [1.82, 2.24) is 9.62 Å². The lowest BCUT2D eigenvalue weighted by atomic mass is 10.2. The van der Waals surface area contributed by atoms with E-state index >= 15 is 0 Å². The van der Waals surface area contributed by atoms with Crippen LogP contribution in [0.3, 0.4) is 0 Å². The van der Waals surface area contributed by atoms with Crippen LogP contribution in [0.5, 0.6) is 0 Å². The van der Waals surface area contributed by atoms with Crippen molar-refractivity contribution in [2.24, 2.45) is 0 Å². The van der Waals surface area contributed by atoms with Crippen molar-refractivity contribution in [1.29, 1.82) is 0 Å². The SMILES string of the molecule is CS(=O)(=O)N(CC(=O)NCc1ccc(Cl)cc1Cl)Cc1ccccc1. The van der Waals surface area contributed by atoms with E-state index in [-0.39, 0.29) is 19.6 Å². The van der Waals surface area contributed by atoms with Crippen molar-refractivity contribution in [2.45, 2.75) is 13.1 Å². The first-order valence-corrected chi connectivity index (χ1v) is 10.1. The van der Waals surface area contributed by atoms with Crippen LogP contribution in [0.1, 0.15) is 11.1 Å². The molecule has 2 aromatic carbocycles. The summed E-state index contributed by atoms with van der Waals surface area (Å²) in [5.41, 5.74) is 1.51. The maximum Gasteiger partial charge on any atom is 0.235 e. The van der Waals surface area contributed by atoms with Crippen LogP contribution in [-0.2, 0) is 27.9 Å². The quantitative estimate of drug-likeness (QED) is 0.776. The topological polar surface area (TPSA) is 66.5 Å². The zero-order chi connectivity index (χ0) is 18.4. The van der Waals surface area contributed by atoms with E-state index in [0.29, 0.717) is 15.6 Å². The van der Waals surface area contributed by atoms with Crippen molar-refractivity contribution in [3.8, 4) is 0 Å². The van der Waals surface area contributed by atoms with Gasteiger partial charge in [-0.25, -0.2) is 8.42 Å². The number of nitrogens with one attached hydrogen (secondary N) is 1. The van der Waals surface area contributed by atoms with Gasteiger partial charge in [-0.3, -0.25) is 4.79 Å². The zero-order valence-electron chi connectivity index (χ0n) is 13.6. The van der Waals surface area contributed by atoms with Crippen LogP contribution in [-0.4, -0.2) is 31.4 Å². The predicted octanol–water partition coefficient (Wildman–Crippen LogP) is 3.07. The van der Waals surface area contributed by atoms with Crippen LogP contribution in [0.2, 0.25) is 10.0 Å². The second-order valence-corrected chi connectivity index (χ2v) is 8.36. The van der Waals surface area contributed by atoms with Gasteiger partial charge in [0.25, 0.3) is 0 Å². The summed E-state index contributed by atoms with van der Waals surface area (Å²) in [4.78, 5) is 12.2. The molecule has 0 fully saturated rings. The number of amides is 1. The van der Waals surface area contributed by atoms with Gasteiger partial charge in [0.15, 0.2) is 0 Å². The molecule has 0 radical (unpaired) electrons. The molecule has 0 saturated heterocycles. The Balaban J connectivity index is 1.99. The molecule has 0 heterocycles. The van der Waals surface area contributed by atoms with Crippen LogP contribution in [0, 0.1) is 0 Å². The minimum Gasteiger partial charge on any atom is -0.351 e. The molecule has 1 amide bonds. The van der Waals surface area contributed by atoms with Crippen LogP contribution < -0.4 is 5.32 Å². The lowest BCUT2D eigenvalue weighted by Gasteiger charge is -2.19. The summed E-state index contributed by atoms with van der Waals surface area (Å²) in [5, 5.41) is 3.62. The average molecular weight is 401 g/mol. The number of sulfonamides is 1. The minimum atomic E-state index is -3.53. The molecule has 0 aliphatic heterocycles. The first-order chi connectivity index (χ1) is 11.8. The Hall–Kier alpha value is -1.60.